The number of carbonyl (C=O) groups is 3. The van der Waals surface area contributed by atoms with Gasteiger partial charge in [0.25, 0.3) is 5.91 Å². The number of halogens is 1. The molecule has 0 aliphatic rings. The van der Waals surface area contributed by atoms with Gasteiger partial charge in [-0.15, -0.1) is 0 Å². The minimum Gasteiger partial charge on any atom is -0.481 e. The molecule has 2 amide bonds. The molecule has 0 spiro atoms. The van der Waals surface area contributed by atoms with Gasteiger partial charge in [0.1, 0.15) is 0 Å². The van der Waals surface area contributed by atoms with Gasteiger partial charge in [0, 0.05) is 20.1 Å². The summed E-state index contributed by atoms with van der Waals surface area (Å²) in [6.45, 7) is 2.13. The number of aliphatic carboxylic acids is 1. The molecular weight excluding hydrogens is 344 g/mol. The van der Waals surface area contributed by atoms with Gasteiger partial charge in [-0.1, -0.05) is 0 Å². The number of likely N-dealkylation sites (N-methyl/N-ethyl adjacent to an activating group) is 2. The summed E-state index contributed by atoms with van der Waals surface area (Å²) < 4.78 is 5.57. The second-order valence-electron chi connectivity index (χ2n) is 4.38. The lowest BCUT2D eigenvalue weighted by Gasteiger charge is -2.23. The number of carbonyl (C=O) groups excluding carboxylic acids is 2. The van der Waals surface area contributed by atoms with Crippen molar-refractivity contribution in [2.45, 2.75) is 13.3 Å². The van der Waals surface area contributed by atoms with Gasteiger partial charge in [0.05, 0.1) is 13.0 Å². The second-order valence-corrected chi connectivity index (χ2v) is 5.16. The fraction of sp³-hybridized carbons (Fsp3) is 0.462. The Morgan fingerprint density at radius 3 is 2.48 bits per heavy atom. The van der Waals surface area contributed by atoms with Crippen LogP contribution >= 0.6 is 15.9 Å². The van der Waals surface area contributed by atoms with Crippen LogP contribution in [0, 0.1) is 0 Å². The van der Waals surface area contributed by atoms with Crippen LogP contribution in [0.3, 0.4) is 0 Å². The molecule has 0 atom stereocenters. The SMILES string of the molecule is CCN(CCC(=O)O)C(=O)CN(C)C(=O)c1ccc(Br)o1. The highest BCUT2D eigenvalue weighted by molar-refractivity contribution is 9.10. The molecule has 0 saturated carbocycles. The number of hydrogen-bond donors (Lipinski definition) is 1. The van der Waals surface area contributed by atoms with Gasteiger partial charge in [0.15, 0.2) is 10.4 Å². The summed E-state index contributed by atoms with van der Waals surface area (Å²) >= 11 is 3.10. The Kier molecular flexibility index (Phi) is 6.41. The van der Waals surface area contributed by atoms with Crippen molar-refractivity contribution in [1.29, 1.82) is 0 Å². The van der Waals surface area contributed by atoms with E-state index >= 15 is 0 Å². The zero-order valence-corrected chi connectivity index (χ0v) is 13.4. The maximum Gasteiger partial charge on any atom is 0.305 e. The Morgan fingerprint density at radius 1 is 1.33 bits per heavy atom. The smallest absolute Gasteiger partial charge is 0.305 e. The molecule has 7 nitrogen and oxygen atoms in total. The van der Waals surface area contributed by atoms with E-state index in [4.69, 9.17) is 9.52 Å². The molecule has 0 unspecified atom stereocenters. The zero-order chi connectivity index (χ0) is 16.0. The highest BCUT2D eigenvalue weighted by Crippen LogP contribution is 2.15. The third kappa shape index (κ3) is 5.22. The van der Waals surface area contributed by atoms with Crippen LogP contribution in [-0.4, -0.2) is 59.4 Å². The first-order chi connectivity index (χ1) is 9.85. The van der Waals surface area contributed by atoms with E-state index in [1.165, 1.54) is 22.9 Å². The van der Waals surface area contributed by atoms with Gasteiger partial charge < -0.3 is 19.3 Å². The van der Waals surface area contributed by atoms with Crippen molar-refractivity contribution in [3.8, 4) is 0 Å². The van der Waals surface area contributed by atoms with Gasteiger partial charge in [-0.05, 0) is 35.0 Å². The molecule has 0 aliphatic heterocycles. The van der Waals surface area contributed by atoms with Crippen molar-refractivity contribution in [3.63, 3.8) is 0 Å². The van der Waals surface area contributed by atoms with E-state index < -0.39 is 11.9 Å². The highest BCUT2D eigenvalue weighted by atomic mass is 79.9. The van der Waals surface area contributed by atoms with Gasteiger partial charge in [0.2, 0.25) is 5.91 Å². The first kappa shape index (κ1) is 17.2. The van der Waals surface area contributed by atoms with Crippen LogP contribution in [0.1, 0.15) is 23.9 Å². The van der Waals surface area contributed by atoms with Gasteiger partial charge in [-0.3, -0.25) is 14.4 Å². The summed E-state index contributed by atoms with van der Waals surface area (Å²) in [5, 5.41) is 8.64. The standard InChI is InChI=1S/C13H17BrN2O5/c1-3-16(7-6-12(18)19)11(17)8-15(2)13(20)9-4-5-10(14)21-9/h4-5H,3,6-8H2,1-2H3,(H,18,19). The summed E-state index contributed by atoms with van der Waals surface area (Å²) in [7, 11) is 1.49. The van der Waals surface area contributed by atoms with E-state index in [-0.39, 0.29) is 31.2 Å². The molecular formula is C13H17BrN2O5. The number of nitrogens with zero attached hydrogens (tertiary/aromatic N) is 2. The van der Waals surface area contributed by atoms with Crippen LogP contribution < -0.4 is 0 Å². The lowest BCUT2D eigenvalue weighted by molar-refractivity contribution is -0.138. The quantitative estimate of drug-likeness (QED) is 0.794. The molecule has 1 aromatic rings. The molecule has 0 aromatic carbocycles. The maximum absolute atomic E-state index is 12.0. The predicted octanol–water partition coefficient (Wildman–Crippen LogP) is 1.44. The Labute approximate surface area is 130 Å². The molecule has 0 aliphatic carbocycles. The first-order valence-electron chi connectivity index (χ1n) is 6.35. The molecule has 116 valence electrons. The third-order valence-corrected chi connectivity index (χ3v) is 3.26. The Morgan fingerprint density at radius 2 is 2.00 bits per heavy atom. The molecule has 1 N–H and O–H groups in total. The van der Waals surface area contributed by atoms with E-state index in [9.17, 15) is 14.4 Å². The molecule has 21 heavy (non-hydrogen) atoms. The van der Waals surface area contributed by atoms with Crippen LogP contribution in [-0.2, 0) is 9.59 Å². The van der Waals surface area contributed by atoms with Crippen molar-refractivity contribution in [2.24, 2.45) is 0 Å². The first-order valence-corrected chi connectivity index (χ1v) is 7.14. The number of furan rings is 1. The summed E-state index contributed by atoms with van der Waals surface area (Å²) in [6, 6.07) is 3.10. The molecule has 1 aromatic heterocycles. The number of rotatable bonds is 7. The van der Waals surface area contributed by atoms with Crippen LogP contribution in [0.15, 0.2) is 21.2 Å². The minimum absolute atomic E-state index is 0.123. The zero-order valence-electron chi connectivity index (χ0n) is 11.8. The van der Waals surface area contributed by atoms with Crippen LogP contribution in [0.25, 0.3) is 0 Å². The summed E-state index contributed by atoms with van der Waals surface area (Å²) in [4.78, 5) is 37.2. The van der Waals surface area contributed by atoms with E-state index in [1.54, 1.807) is 13.0 Å². The second kappa shape index (κ2) is 7.82. The molecule has 0 radical (unpaired) electrons. The normalized spacial score (nSPS) is 10.2. The van der Waals surface area contributed by atoms with Crippen LogP contribution in [0.5, 0.6) is 0 Å². The lowest BCUT2D eigenvalue weighted by atomic mass is 10.3. The molecule has 0 bridgehead atoms. The summed E-state index contributed by atoms with van der Waals surface area (Å²) in [5.74, 6) is -1.56. The third-order valence-electron chi connectivity index (χ3n) is 2.83. The van der Waals surface area contributed by atoms with Gasteiger partial charge in [-0.25, -0.2) is 0 Å². The number of carboxylic acids is 1. The molecule has 1 heterocycles. The van der Waals surface area contributed by atoms with E-state index in [0.717, 1.165) is 0 Å². The van der Waals surface area contributed by atoms with Crippen molar-refractivity contribution in [3.05, 3.63) is 22.6 Å². The van der Waals surface area contributed by atoms with Gasteiger partial charge in [-0.2, -0.15) is 0 Å². The number of hydrogen-bond acceptors (Lipinski definition) is 4. The Bertz CT molecular complexity index is 528. The molecule has 0 fully saturated rings. The topological polar surface area (TPSA) is 91.1 Å². The predicted molar refractivity (Wildman–Crippen MR) is 77.9 cm³/mol. The van der Waals surface area contributed by atoms with Gasteiger partial charge >= 0.3 is 5.97 Å². The summed E-state index contributed by atoms with van der Waals surface area (Å²) in [5.41, 5.74) is 0. The average molecular weight is 361 g/mol. The highest BCUT2D eigenvalue weighted by Gasteiger charge is 2.21. The molecule has 8 heteroatoms. The fourth-order valence-corrected chi connectivity index (χ4v) is 1.99. The largest absolute Gasteiger partial charge is 0.481 e. The van der Waals surface area contributed by atoms with Crippen molar-refractivity contribution in [1.82, 2.24) is 9.80 Å². The molecule has 0 saturated heterocycles. The van der Waals surface area contributed by atoms with E-state index in [1.807, 2.05) is 0 Å². The number of amides is 2. The Balaban J connectivity index is 2.59. The number of carboxylic acid groups (broad SMARTS) is 1. The van der Waals surface area contributed by atoms with Crippen molar-refractivity contribution in [2.75, 3.05) is 26.7 Å². The van der Waals surface area contributed by atoms with Crippen molar-refractivity contribution >= 4 is 33.7 Å². The summed E-state index contributed by atoms with van der Waals surface area (Å²) in [6.07, 6.45) is -0.123. The van der Waals surface area contributed by atoms with E-state index in [2.05, 4.69) is 15.9 Å². The molecule has 1 rings (SSSR count). The minimum atomic E-state index is -0.967. The fourth-order valence-electron chi connectivity index (χ4n) is 1.68. The lowest BCUT2D eigenvalue weighted by Crippen LogP contribution is -2.41. The average Bonchev–Trinajstić information content (AvgIpc) is 2.84. The van der Waals surface area contributed by atoms with E-state index in [0.29, 0.717) is 11.2 Å². The monoisotopic (exact) mass is 360 g/mol. The Hall–Kier alpha value is -1.83. The maximum atomic E-state index is 12.0. The van der Waals surface area contributed by atoms with Crippen LogP contribution in [0.2, 0.25) is 0 Å². The van der Waals surface area contributed by atoms with Crippen molar-refractivity contribution < 1.29 is 23.9 Å². The van der Waals surface area contributed by atoms with Crippen LogP contribution in [0.4, 0.5) is 0 Å².